The first-order chi connectivity index (χ1) is 10.9. The second-order valence-corrected chi connectivity index (χ2v) is 6.56. The molecule has 1 aliphatic rings. The summed E-state index contributed by atoms with van der Waals surface area (Å²) in [4.78, 5) is 38.0. The zero-order valence-corrected chi connectivity index (χ0v) is 14.1. The summed E-state index contributed by atoms with van der Waals surface area (Å²) < 4.78 is 4.98. The van der Waals surface area contributed by atoms with Gasteiger partial charge in [0.2, 0.25) is 5.91 Å². The largest absolute Gasteiger partial charge is 0.462 e. The molecule has 1 fully saturated rings. The van der Waals surface area contributed by atoms with Gasteiger partial charge in [0.05, 0.1) is 23.0 Å². The van der Waals surface area contributed by atoms with Crippen molar-refractivity contribution >= 4 is 34.1 Å². The highest BCUT2D eigenvalue weighted by Crippen LogP contribution is 2.33. The maximum atomic E-state index is 12.7. The normalized spacial score (nSPS) is 17.8. The highest BCUT2D eigenvalue weighted by atomic mass is 32.1. The van der Waals surface area contributed by atoms with Crippen LogP contribution < -0.4 is 11.5 Å². The number of carbonyl (C=O) groups is 3. The molecular weight excluding hydrogens is 318 g/mol. The Labute approximate surface area is 138 Å². The van der Waals surface area contributed by atoms with Gasteiger partial charge < -0.3 is 21.1 Å². The molecule has 0 radical (unpaired) electrons. The Hall–Kier alpha value is -2.09. The van der Waals surface area contributed by atoms with Crippen LogP contribution in [0, 0.1) is 12.8 Å². The lowest BCUT2D eigenvalue weighted by molar-refractivity contribution is -0.123. The van der Waals surface area contributed by atoms with Gasteiger partial charge in [0.15, 0.2) is 0 Å². The monoisotopic (exact) mass is 339 g/mol. The first-order valence-corrected chi connectivity index (χ1v) is 8.33. The van der Waals surface area contributed by atoms with Gasteiger partial charge in [0.25, 0.3) is 5.91 Å². The van der Waals surface area contributed by atoms with Gasteiger partial charge in [-0.3, -0.25) is 9.59 Å². The van der Waals surface area contributed by atoms with E-state index in [4.69, 9.17) is 16.2 Å². The molecule has 8 heteroatoms. The standard InChI is InChI=1S/C15H21N3O4S/c1-3-22-15(21)10-8(2)11(23-13(10)17)14(20)18-6-4-5-9(7-18)12(16)19/h9H,3-7,17H2,1-2H3,(H2,16,19)/t9-/m1/s1. The SMILES string of the molecule is CCOC(=O)c1c(N)sc(C(=O)N2CCC[C@@H](C(N)=O)C2)c1C. The molecule has 2 rings (SSSR count). The number of carbonyl (C=O) groups excluding carboxylic acids is 3. The lowest BCUT2D eigenvalue weighted by Crippen LogP contribution is -2.44. The summed E-state index contributed by atoms with van der Waals surface area (Å²) in [6.07, 6.45) is 1.42. The maximum absolute atomic E-state index is 12.7. The van der Waals surface area contributed by atoms with Crippen molar-refractivity contribution in [3.05, 3.63) is 16.0 Å². The van der Waals surface area contributed by atoms with Crippen molar-refractivity contribution in [1.29, 1.82) is 0 Å². The number of amides is 2. The van der Waals surface area contributed by atoms with Gasteiger partial charge in [-0.05, 0) is 32.3 Å². The van der Waals surface area contributed by atoms with Crippen LogP contribution in [0.4, 0.5) is 5.00 Å². The quantitative estimate of drug-likeness (QED) is 0.798. The molecule has 0 aliphatic carbocycles. The molecule has 0 saturated carbocycles. The van der Waals surface area contributed by atoms with E-state index < -0.39 is 11.9 Å². The Morgan fingerprint density at radius 2 is 2.09 bits per heavy atom. The van der Waals surface area contributed by atoms with E-state index in [9.17, 15) is 14.4 Å². The van der Waals surface area contributed by atoms with E-state index in [-0.39, 0.29) is 29.0 Å². The highest BCUT2D eigenvalue weighted by molar-refractivity contribution is 7.18. The first-order valence-electron chi connectivity index (χ1n) is 7.51. The maximum Gasteiger partial charge on any atom is 0.341 e. The van der Waals surface area contributed by atoms with E-state index in [1.165, 1.54) is 0 Å². The highest BCUT2D eigenvalue weighted by Gasteiger charge is 2.31. The summed E-state index contributed by atoms with van der Waals surface area (Å²) >= 11 is 1.08. The van der Waals surface area contributed by atoms with Gasteiger partial charge >= 0.3 is 5.97 Å². The molecule has 2 heterocycles. The molecule has 1 atom stereocenters. The molecule has 0 bridgehead atoms. The minimum absolute atomic E-state index is 0.222. The van der Waals surface area contributed by atoms with E-state index in [1.54, 1.807) is 18.7 Å². The van der Waals surface area contributed by atoms with Crippen molar-refractivity contribution in [2.75, 3.05) is 25.4 Å². The molecule has 1 aromatic heterocycles. The average Bonchev–Trinajstić information content (AvgIpc) is 2.81. The van der Waals surface area contributed by atoms with Crippen LogP contribution in [0.5, 0.6) is 0 Å². The average molecular weight is 339 g/mol. The summed E-state index contributed by atoms with van der Waals surface area (Å²) in [5.41, 5.74) is 12.0. The summed E-state index contributed by atoms with van der Waals surface area (Å²) in [6, 6.07) is 0. The van der Waals surface area contributed by atoms with Crippen molar-refractivity contribution < 1.29 is 19.1 Å². The molecule has 0 unspecified atom stereocenters. The minimum Gasteiger partial charge on any atom is -0.462 e. The van der Waals surface area contributed by atoms with Gasteiger partial charge in [0, 0.05) is 13.1 Å². The van der Waals surface area contributed by atoms with Crippen LogP contribution in [0.1, 0.15) is 45.4 Å². The number of hydrogen-bond acceptors (Lipinski definition) is 6. The fraction of sp³-hybridized carbons (Fsp3) is 0.533. The molecule has 0 spiro atoms. The van der Waals surface area contributed by atoms with Gasteiger partial charge in [-0.1, -0.05) is 0 Å². The Morgan fingerprint density at radius 3 is 2.70 bits per heavy atom. The Morgan fingerprint density at radius 1 is 1.39 bits per heavy atom. The Bertz CT molecular complexity index is 641. The molecule has 4 N–H and O–H groups in total. The Balaban J connectivity index is 2.24. The van der Waals surface area contributed by atoms with Crippen molar-refractivity contribution in [2.24, 2.45) is 11.7 Å². The number of primary amides is 1. The number of rotatable bonds is 4. The summed E-state index contributed by atoms with van der Waals surface area (Å²) in [5, 5.41) is 0.271. The van der Waals surface area contributed by atoms with E-state index in [2.05, 4.69) is 0 Å². The van der Waals surface area contributed by atoms with Gasteiger partial charge in [-0.15, -0.1) is 11.3 Å². The second kappa shape index (κ2) is 6.99. The van der Waals surface area contributed by atoms with Crippen LogP contribution in [-0.2, 0) is 9.53 Å². The van der Waals surface area contributed by atoms with Gasteiger partial charge in [-0.25, -0.2) is 4.79 Å². The number of nitrogen functional groups attached to an aromatic ring is 1. The van der Waals surface area contributed by atoms with Gasteiger partial charge in [-0.2, -0.15) is 0 Å². The van der Waals surface area contributed by atoms with Crippen LogP contribution in [-0.4, -0.2) is 42.4 Å². The topological polar surface area (TPSA) is 116 Å². The molecule has 1 aromatic rings. The van der Waals surface area contributed by atoms with E-state index in [0.29, 0.717) is 30.0 Å². The molecule has 126 valence electrons. The number of nitrogens with zero attached hydrogens (tertiary/aromatic N) is 1. The molecule has 1 saturated heterocycles. The molecule has 23 heavy (non-hydrogen) atoms. The molecular formula is C15H21N3O4S. The van der Waals surface area contributed by atoms with Crippen LogP contribution in [0.3, 0.4) is 0 Å². The number of anilines is 1. The van der Waals surface area contributed by atoms with Crippen LogP contribution in [0.25, 0.3) is 0 Å². The van der Waals surface area contributed by atoms with E-state index in [1.807, 2.05) is 0 Å². The van der Waals surface area contributed by atoms with Gasteiger partial charge in [0.1, 0.15) is 5.00 Å². The van der Waals surface area contributed by atoms with E-state index >= 15 is 0 Å². The predicted molar refractivity (Wildman–Crippen MR) is 87.2 cm³/mol. The molecule has 7 nitrogen and oxygen atoms in total. The zero-order chi connectivity index (χ0) is 17.1. The number of esters is 1. The van der Waals surface area contributed by atoms with Crippen LogP contribution >= 0.6 is 11.3 Å². The third-order valence-electron chi connectivity index (χ3n) is 3.96. The van der Waals surface area contributed by atoms with Crippen LogP contribution in [0.15, 0.2) is 0 Å². The summed E-state index contributed by atoms with van der Waals surface area (Å²) in [6.45, 7) is 4.50. The lowest BCUT2D eigenvalue weighted by Gasteiger charge is -2.31. The fourth-order valence-electron chi connectivity index (χ4n) is 2.73. The summed E-state index contributed by atoms with van der Waals surface area (Å²) in [5.74, 6) is -1.46. The lowest BCUT2D eigenvalue weighted by atomic mass is 9.97. The number of hydrogen-bond donors (Lipinski definition) is 2. The third kappa shape index (κ3) is 3.47. The fourth-order valence-corrected chi connectivity index (χ4v) is 3.76. The Kier molecular flexibility index (Phi) is 5.25. The first kappa shape index (κ1) is 17.3. The van der Waals surface area contributed by atoms with E-state index in [0.717, 1.165) is 17.8 Å². The van der Waals surface area contributed by atoms with Crippen molar-refractivity contribution in [1.82, 2.24) is 4.90 Å². The van der Waals surface area contributed by atoms with Crippen molar-refractivity contribution in [2.45, 2.75) is 26.7 Å². The smallest absolute Gasteiger partial charge is 0.341 e. The zero-order valence-electron chi connectivity index (χ0n) is 13.3. The van der Waals surface area contributed by atoms with Crippen molar-refractivity contribution in [3.8, 4) is 0 Å². The molecule has 1 aliphatic heterocycles. The van der Waals surface area contributed by atoms with Crippen LogP contribution in [0.2, 0.25) is 0 Å². The molecule has 0 aromatic carbocycles. The number of piperidine rings is 1. The predicted octanol–water partition coefficient (Wildman–Crippen LogP) is 1.15. The number of ether oxygens (including phenoxy) is 1. The number of likely N-dealkylation sites (tertiary alicyclic amines) is 1. The molecule has 2 amide bonds. The third-order valence-corrected chi connectivity index (χ3v) is 5.07. The second-order valence-electron chi connectivity index (χ2n) is 5.51. The number of thiophene rings is 1. The van der Waals surface area contributed by atoms with Crippen molar-refractivity contribution in [3.63, 3.8) is 0 Å². The number of nitrogens with two attached hydrogens (primary N) is 2. The summed E-state index contributed by atoms with van der Waals surface area (Å²) in [7, 11) is 0. The minimum atomic E-state index is -0.522.